The van der Waals surface area contributed by atoms with E-state index in [4.69, 9.17) is 9.94 Å². The van der Waals surface area contributed by atoms with Gasteiger partial charge in [-0.05, 0) is 30.3 Å². The molecule has 3 aromatic rings. The molecule has 0 fully saturated rings. The maximum atomic E-state index is 14.7. The Morgan fingerprint density at radius 3 is 2.24 bits per heavy atom. The SMILES string of the molecule is O=C(N=c1ccn(O)nc1)c1c(Oc2ccc(OC(F)(F)F)c(F)c2)ccc(C(F)(F)F)c1F. The van der Waals surface area contributed by atoms with Gasteiger partial charge in [-0.1, -0.05) is 0 Å². The van der Waals surface area contributed by atoms with Gasteiger partial charge in [0.15, 0.2) is 17.4 Å². The van der Waals surface area contributed by atoms with Crippen molar-refractivity contribution in [3.8, 4) is 17.2 Å². The Labute approximate surface area is 183 Å². The molecule has 1 heterocycles. The van der Waals surface area contributed by atoms with E-state index in [2.05, 4.69) is 14.8 Å². The summed E-state index contributed by atoms with van der Waals surface area (Å²) in [7, 11) is 0. The number of carbonyl (C=O) groups excluding carboxylic acids is 1. The van der Waals surface area contributed by atoms with Crippen molar-refractivity contribution in [2.24, 2.45) is 4.99 Å². The van der Waals surface area contributed by atoms with E-state index in [9.17, 15) is 39.9 Å². The minimum Gasteiger partial charge on any atom is -0.456 e. The highest BCUT2D eigenvalue weighted by Gasteiger charge is 2.37. The van der Waals surface area contributed by atoms with Crippen LogP contribution in [0.1, 0.15) is 15.9 Å². The number of nitrogens with zero attached hydrogens (tertiary/aromatic N) is 3. The summed E-state index contributed by atoms with van der Waals surface area (Å²) in [5, 5.41) is 12.1. The smallest absolute Gasteiger partial charge is 0.456 e. The fraction of sp³-hybridized carbons (Fsp3) is 0.105. The van der Waals surface area contributed by atoms with E-state index < -0.39 is 58.5 Å². The van der Waals surface area contributed by atoms with E-state index in [1.54, 1.807) is 0 Å². The van der Waals surface area contributed by atoms with Gasteiger partial charge in [-0.15, -0.1) is 23.1 Å². The van der Waals surface area contributed by atoms with Gasteiger partial charge in [0, 0.05) is 6.07 Å². The van der Waals surface area contributed by atoms with Crippen LogP contribution < -0.4 is 14.8 Å². The van der Waals surface area contributed by atoms with Crippen molar-refractivity contribution in [2.45, 2.75) is 12.5 Å². The minimum absolute atomic E-state index is 0.248. The highest BCUT2D eigenvalue weighted by molar-refractivity contribution is 5.98. The number of benzene rings is 2. The van der Waals surface area contributed by atoms with Crippen molar-refractivity contribution in [1.82, 2.24) is 9.94 Å². The molecule has 0 unspecified atom stereocenters. The number of aromatic nitrogens is 2. The molecule has 3 rings (SSSR count). The second-order valence-electron chi connectivity index (χ2n) is 6.26. The fourth-order valence-electron chi connectivity index (χ4n) is 2.52. The molecule has 0 saturated heterocycles. The third-order valence-electron chi connectivity index (χ3n) is 3.90. The van der Waals surface area contributed by atoms with Crippen LogP contribution in [0.15, 0.2) is 53.8 Å². The first-order valence-corrected chi connectivity index (χ1v) is 8.71. The standard InChI is InChI=1S/C19H9F8N3O4/c20-12-7-10(1-3-13(12)34-19(25,26)27)33-14-4-2-11(18(22,23)24)16(21)15(14)17(31)29-9-5-6-30(32)28-8-9/h1-8,32H. The Morgan fingerprint density at radius 2 is 1.68 bits per heavy atom. The molecule has 0 aliphatic carbocycles. The molecule has 15 heteroatoms. The normalized spacial score (nSPS) is 12.5. The first-order chi connectivity index (χ1) is 15.7. The first kappa shape index (κ1) is 24.5. The summed E-state index contributed by atoms with van der Waals surface area (Å²) in [4.78, 5) is 16.2. The maximum Gasteiger partial charge on any atom is 0.573 e. The molecule has 0 atom stereocenters. The van der Waals surface area contributed by atoms with Crippen LogP contribution in [0.3, 0.4) is 0 Å². The van der Waals surface area contributed by atoms with Gasteiger partial charge >= 0.3 is 12.5 Å². The molecular formula is C19H9F8N3O4. The highest BCUT2D eigenvalue weighted by atomic mass is 19.4. The lowest BCUT2D eigenvalue weighted by Crippen LogP contribution is -2.18. The number of carbonyl (C=O) groups is 1. The zero-order valence-electron chi connectivity index (χ0n) is 16.2. The molecule has 0 aliphatic heterocycles. The molecule has 0 radical (unpaired) electrons. The fourth-order valence-corrected chi connectivity index (χ4v) is 2.52. The Morgan fingerprint density at radius 1 is 1.00 bits per heavy atom. The zero-order valence-corrected chi connectivity index (χ0v) is 16.2. The van der Waals surface area contributed by atoms with E-state index in [1.807, 2.05) is 0 Å². The summed E-state index contributed by atoms with van der Waals surface area (Å²) in [6, 6.07) is 3.45. The zero-order chi connectivity index (χ0) is 25.3. The van der Waals surface area contributed by atoms with E-state index in [0.717, 1.165) is 24.5 Å². The molecule has 1 N–H and O–H groups in total. The van der Waals surface area contributed by atoms with Gasteiger partial charge in [-0.3, -0.25) is 4.79 Å². The summed E-state index contributed by atoms with van der Waals surface area (Å²) in [5.74, 6) is -7.85. The van der Waals surface area contributed by atoms with E-state index in [1.165, 1.54) is 0 Å². The van der Waals surface area contributed by atoms with E-state index in [-0.39, 0.29) is 11.4 Å². The van der Waals surface area contributed by atoms with Crippen LogP contribution in [0, 0.1) is 11.6 Å². The summed E-state index contributed by atoms with van der Waals surface area (Å²) in [6.45, 7) is 0. The van der Waals surface area contributed by atoms with E-state index >= 15 is 0 Å². The molecule has 1 aromatic heterocycles. The van der Waals surface area contributed by atoms with Gasteiger partial charge in [-0.2, -0.15) is 13.2 Å². The summed E-state index contributed by atoms with van der Waals surface area (Å²) in [5.41, 5.74) is -3.13. The van der Waals surface area contributed by atoms with Gasteiger partial charge in [0.25, 0.3) is 5.91 Å². The Bertz CT molecular complexity index is 1280. The van der Waals surface area contributed by atoms with Crippen molar-refractivity contribution >= 4 is 5.91 Å². The predicted molar refractivity (Wildman–Crippen MR) is 93.9 cm³/mol. The number of hydrogen-bond acceptors (Lipinski definition) is 5. The Kier molecular flexibility index (Phi) is 6.47. The number of rotatable bonds is 4. The first-order valence-electron chi connectivity index (χ1n) is 8.71. The quantitative estimate of drug-likeness (QED) is 0.413. The number of hydrogen-bond donors (Lipinski definition) is 1. The van der Waals surface area contributed by atoms with Crippen molar-refractivity contribution in [3.63, 3.8) is 0 Å². The van der Waals surface area contributed by atoms with E-state index in [0.29, 0.717) is 23.0 Å². The molecular weight excluding hydrogens is 486 g/mol. The van der Waals surface area contributed by atoms with Gasteiger partial charge in [0.2, 0.25) is 0 Å². The topological polar surface area (TPSA) is 85.9 Å². The summed E-state index contributed by atoms with van der Waals surface area (Å²) in [6.07, 6.45) is -8.67. The molecule has 0 saturated carbocycles. The molecule has 7 nitrogen and oxygen atoms in total. The van der Waals surface area contributed by atoms with Crippen LogP contribution in [-0.2, 0) is 6.18 Å². The minimum atomic E-state index is -5.21. The second-order valence-corrected chi connectivity index (χ2v) is 6.26. The molecule has 1 amide bonds. The van der Waals surface area contributed by atoms with Crippen LogP contribution in [0.5, 0.6) is 17.2 Å². The molecule has 0 bridgehead atoms. The third kappa shape index (κ3) is 5.79. The molecule has 0 aliphatic rings. The summed E-state index contributed by atoms with van der Waals surface area (Å²) >= 11 is 0. The van der Waals surface area contributed by atoms with Gasteiger partial charge in [-0.25, -0.2) is 13.8 Å². The largest absolute Gasteiger partial charge is 0.573 e. The van der Waals surface area contributed by atoms with Crippen LogP contribution in [0.2, 0.25) is 0 Å². The maximum absolute atomic E-state index is 14.7. The van der Waals surface area contributed by atoms with Crippen molar-refractivity contribution in [3.05, 3.63) is 76.9 Å². The molecule has 180 valence electrons. The third-order valence-corrected chi connectivity index (χ3v) is 3.90. The number of alkyl halides is 6. The van der Waals surface area contributed by atoms with Gasteiger partial charge in [0.05, 0.1) is 23.3 Å². The van der Waals surface area contributed by atoms with Crippen LogP contribution >= 0.6 is 0 Å². The summed E-state index contributed by atoms with van der Waals surface area (Å²) < 4.78 is 113. The molecule has 0 spiro atoms. The highest BCUT2D eigenvalue weighted by Crippen LogP contribution is 2.38. The monoisotopic (exact) mass is 495 g/mol. The lowest BCUT2D eigenvalue weighted by atomic mass is 10.1. The average molecular weight is 495 g/mol. The lowest BCUT2D eigenvalue weighted by molar-refractivity contribution is -0.275. The number of amides is 1. The lowest BCUT2D eigenvalue weighted by Gasteiger charge is -2.15. The van der Waals surface area contributed by atoms with Gasteiger partial charge < -0.3 is 14.7 Å². The van der Waals surface area contributed by atoms with Gasteiger partial charge in [0.1, 0.15) is 17.1 Å². The second kappa shape index (κ2) is 8.99. The number of ether oxygens (including phenoxy) is 2. The predicted octanol–water partition coefficient (Wildman–Crippen LogP) is 4.85. The van der Waals surface area contributed by atoms with Crippen molar-refractivity contribution in [1.29, 1.82) is 0 Å². The number of halogens is 8. The van der Waals surface area contributed by atoms with Crippen LogP contribution in [-0.4, -0.2) is 27.4 Å². The Balaban J connectivity index is 2.06. The Hall–Kier alpha value is -4.17. The molecule has 34 heavy (non-hydrogen) atoms. The van der Waals surface area contributed by atoms with Crippen molar-refractivity contribution in [2.75, 3.05) is 0 Å². The van der Waals surface area contributed by atoms with Crippen molar-refractivity contribution < 1.29 is 54.6 Å². The van der Waals surface area contributed by atoms with Crippen LogP contribution in [0.25, 0.3) is 0 Å². The molecule has 2 aromatic carbocycles. The van der Waals surface area contributed by atoms with Crippen LogP contribution in [0.4, 0.5) is 35.1 Å². The average Bonchev–Trinajstić information content (AvgIpc) is 2.70.